The summed E-state index contributed by atoms with van der Waals surface area (Å²) in [6, 6.07) is 11.4. The maximum atomic E-state index is 11.9. The molecular weight excluding hydrogens is 284 g/mol. The van der Waals surface area contributed by atoms with Crippen molar-refractivity contribution in [3.63, 3.8) is 0 Å². The van der Waals surface area contributed by atoms with Gasteiger partial charge in [0.2, 0.25) is 0 Å². The lowest BCUT2D eigenvalue weighted by Crippen LogP contribution is -2.32. The molecule has 3 rings (SSSR count). The van der Waals surface area contributed by atoms with Crippen LogP contribution in [0, 0.1) is 6.92 Å². The topological polar surface area (TPSA) is 55.1 Å². The Labute approximate surface area is 129 Å². The monoisotopic (exact) mass is 300 g/mol. The van der Waals surface area contributed by atoms with Gasteiger partial charge in [-0.2, -0.15) is 0 Å². The zero-order chi connectivity index (χ0) is 15.0. The highest BCUT2D eigenvalue weighted by molar-refractivity contribution is 6.30. The first-order chi connectivity index (χ1) is 10.0. The highest BCUT2D eigenvalue weighted by atomic mass is 35.5. The average molecular weight is 301 g/mol. The molecule has 1 aliphatic rings. The number of hydrogen-bond donors (Lipinski definition) is 2. The first kappa shape index (κ1) is 14.1. The van der Waals surface area contributed by atoms with Crippen LogP contribution in [0.2, 0.25) is 5.02 Å². The van der Waals surface area contributed by atoms with Crippen LogP contribution in [0.15, 0.2) is 36.4 Å². The maximum Gasteiger partial charge on any atom is 0.251 e. The number of carbonyl (C=O) groups is 1. The van der Waals surface area contributed by atoms with Crippen molar-refractivity contribution in [2.24, 2.45) is 5.73 Å². The molecule has 0 bridgehead atoms. The van der Waals surface area contributed by atoms with Gasteiger partial charge in [-0.15, -0.1) is 0 Å². The van der Waals surface area contributed by atoms with E-state index in [0.717, 1.165) is 34.2 Å². The van der Waals surface area contributed by atoms with Gasteiger partial charge in [0.15, 0.2) is 0 Å². The molecule has 2 aromatic carbocycles. The Balaban J connectivity index is 2.00. The van der Waals surface area contributed by atoms with Crippen molar-refractivity contribution in [2.45, 2.75) is 19.4 Å². The molecule has 0 fully saturated rings. The van der Waals surface area contributed by atoms with Crippen LogP contribution in [0.4, 0.5) is 0 Å². The summed E-state index contributed by atoms with van der Waals surface area (Å²) in [6.45, 7) is 2.69. The van der Waals surface area contributed by atoms with E-state index in [0.29, 0.717) is 11.6 Å². The minimum absolute atomic E-state index is 0.0208. The predicted molar refractivity (Wildman–Crippen MR) is 84.7 cm³/mol. The number of nitrogens with one attached hydrogen (secondary N) is 1. The number of rotatable bonds is 2. The number of halogens is 1. The number of aryl methyl sites for hydroxylation is 1. The maximum absolute atomic E-state index is 11.9. The third-order valence-electron chi connectivity index (χ3n) is 3.84. The van der Waals surface area contributed by atoms with E-state index in [4.69, 9.17) is 17.3 Å². The third kappa shape index (κ3) is 2.80. The van der Waals surface area contributed by atoms with E-state index in [-0.39, 0.29) is 11.9 Å². The second kappa shape index (κ2) is 5.51. The van der Waals surface area contributed by atoms with Gasteiger partial charge in [-0.3, -0.25) is 4.79 Å². The lowest BCUT2D eigenvalue weighted by atomic mass is 9.92. The average Bonchev–Trinajstić information content (AvgIpc) is 2.45. The lowest BCUT2D eigenvalue weighted by Gasteiger charge is -2.20. The number of nitrogens with two attached hydrogens (primary N) is 1. The Bertz CT molecular complexity index is 692. The van der Waals surface area contributed by atoms with Crippen molar-refractivity contribution in [2.75, 3.05) is 6.54 Å². The van der Waals surface area contributed by atoms with Crippen molar-refractivity contribution >= 4 is 17.5 Å². The zero-order valence-electron chi connectivity index (χ0n) is 11.8. The van der Waals surface area contributed by atoms with E-state index in [9.17, 15) is 4.79 Å². The molecule has 0 aliphatic carbocycles. The number of amides is 1. The van der Waals surface area contributed by atoms with Gasteiger partial charge in [-0.1, -0.05) is 29.8 Å². The summed E-state index contributed by atoms with van der Waals surface area (Å²) in [5.74, 6) is -0.0208. The fourth-order valence-electron chi connectivity index (χ4n) is 2.76. The van der Waals surface area contributed by atoms with Crippen molar-refractivity contribution in [1.82, 2.24) is 5.32 Å². The SMILES string of the molecule is Cc1cc(Cl)cc(C(N)c2ccc3c(c2)C(=O)NCC3)c1. The quantitative estimate of drug-likeness (QED) is 0.896. The summed E-state index contributed by atoms with van der Waals surface area (Å²) in [5.41, 5.74) is 11.1. The molecule has 0 aromatic heterocycles. The molecule has 0 saturated carbocycles. The molecule has 1 heterocycles. The largest absolute Gasteiger partial charge is 0.352 e. The van der Waals surface area contributed by atoms with E-state index in [1.54, 1.807) is 0 Å². The molecule has 1 unspecified atom stereocenters. The smallest absolute Gasteiger partial charge is 0.251 e. The van der Waals surface area contributed by atoms with Crippen LogP contribution in [-0.2, 0) is 6.42 Å². The van der Waals surface area contributed by atoms with Gasteiger partial charge >= 0.3 is 0 Å². The Morgan fingerprint density at radius 2 is 2.00 bits per heavy atom. The van der Waals surface area contributed by atoms with Gasteiger partial charge in [0.25, 0.3) is 5.91 Å². The summed E-state index contributed by atoms with van der Waals surface area (Å²) in [7, 11) is 0. The van der Waals surface area contributed by atoms with E-state index in [1.165, 1.54) is 0 Å². The molecule has 1 aliphatic heterocycles. The van der Waals surface area contributed by atoms with Crippen molar-refractivity contribution in [3.8, 4) is 0 Å². The zero-order valence-corrected chi connectivity index (χ0v) is 12.6. The van der Waals surface area contributed by atoms with Gasteiger partial charge < -0.3 is 11.1 Å². The van der Waals surface area contributed by atoms with Gasteiger partial charge in [0.1, 0.15) is 0 Å². The Morgan fingerprint density at radius 1 is 1.19 bits per heavy atom. The van der Waals surface area contributed by atoms with Gasteiger partial charge in [-0.25, -0.2) is 0 Å². The summed E-state index contributed by atoms with van der Waals surface area (Å²) >= 11 is 6.10. The molecule has 1 amide bonds. The Morgan fingerprint density at radius 3 is 2.76 bits per heavy atom. The van der Waals surface area contributed by atoms with Crippen LogP contribution in [0.25, 0.3) is 0 Å². The van der Waals surface area contributed by atoms with E-state index in [1.807, 2.05) is 43.3 Å². The molecule has 0 saturated heterocycles. The van der Waals surface area contributed by atoms with Crippen molar-refractivity contribution < 1.29 is 4.79 Å². The first-order valence-corrected chi connectivity index (χ1v) is 7.36. The molecule has 3 N–H and O–H groups in total. The summed E-state index contributed by atoms with van der Waals surface area (Å²) < 4.78 is 0. The summed E-state index contributed by atoms with van der Waals surface area (Å²) in [6.07, 6.45) is 0.868. The van der Waals surface area contributed by atoms with Gasteiger partial charge in [0.05, 0.1) is 6.04 Å². The van der Waals surface area contributed by atoms with Crippen molar-refractivity contribution in [1.29, 1.82) is 0 Å². The van der Waals surface area contributed by atoms with Crippen LogP contribution in [0.5, 0.6) is 0 Å². The van der Waals surface area contributed by atoms with Gasteiger partial charge in [0, 0.05) is 17.1 Å². The van der Waals surface area contributed by atoms with Crippen LogP contribution in [-0.4, -0.2) is 12.5 Å². The standard InChI is InChI=1S/C17H17ClN2O/c1-10-6-13(8-14(18)7-10)16(19)12-3-2-11-4-5-20-17(21)15(11)9-12/h2-3,6-9,16H,4-5,19H2,1H3,(H,20,21). The van der Waals surface area contributed by atoms with Crippen LogP contribution < -0.4 is 11.1 Å². The number of fused-ring (bicyclic) bond motifs is 1. The summed E-state index contributed by atoms with van der Waals surface area (Å²) in [5, 5.41) is 3.54. The molecule has 0 spiro atoms. The van der Waals surface area contributed by atoms with Crippen LogP contribution in [0.1, 0.15) is 38.7 Å². The number of benzene rings is 2. The Hall–Kier alpha value is -1.84. The third-order valence-corrected chi connectivity index (χ3v) is 4.06. The Kier molecular flexibility index (Phi) is 3.70. The van der Waals surface area contributed by atoms with Crippen molar-refractivity contribution in [3.05, 3.63) is 69.2 Å². The molecule has 108 valence electrons. The highest BCUT2D eigenvalue weighted by Gasteiger charge is 2.19. The van der Waals surface area contributed by atoms with E-state index in [2.05, 4.69) is 5.32 Å². The number of carbonyl (C=O) groups excluding carboxylic acids is 1. The second-order valence-corrected chi connectivity index (χ2v) is 5.90. The minimum atomic E-state index is -0.289. The molecule has 2 aromatic rings. The second-order valence-electron chi connectivity index (χ2n) is 5.46. The molecule has 0 radical (unpaired) electrons. The number of hydrogen-bond acceptors (Lipinski definition) is 2. The fourth-order valence-corrected chi connectivity index (χ4v) is 3.06. The van der Waals surface area contributed by atoms with Gasteiger partial charge in [-0.05, 0) is 53.8 Å². The molecule has 4 heteroatoms. The highest BCUT2D eigenvalue weighted by Crippen LogP contribution is 2.26. The molecular formula is C17H17ClN2O. The normalized spacial score (nSPS) is 15.3. The molecule has 21 heavy (non-hydrogen) atoms. The van der Waals surface area contributed by atoms with E-state index < -0.39 is 0 Å². The minimum Gasteiger partial charge on any atom is -0.352 e. The molecule has 3 nitrogen and oxygen atoms in total. The molecule has 1 atom stereocenters. The fraction of sp³-hybridized carbons (Fsp3) is 0.235. The lowest BCUT2D eigenvalue weighted by molar-refractivity contribution is 0.0946. The predicted octanol–water partition coefficient (Wildman–Crippen LogP) is 2.98. The summed E-state index contributed by atoms with van der Waals surface area (Å²) in [4.78, 5) is 11.9. The van der Waals surface area contributed by atoms with Crippen LogP contribution in [0.3, 0.4) is 0 Å². The first-order valence-electron chi connectivity index (χ1n) is 6.98. The van der Waals surface area contributed by atoms with Crippen LogP contribution >= 0.6 is 11.6 Å². The van der Waals surface area contributed by atoms with E-state index >= 15 is 0 Å².